The van der Waals surface area contributed by atoms with Gasteiger partial charge in [-0.1, -0.05) is 19.8 Å². The second kappa shape index (κ2) is 6.93. The highest BCUT2D eigenvalue weighted by molar-refractivity contribution is 5.00. The third-order valence-corrected chi connectivity index (χ3v) is 4.25. The number of rotatable bonds is 7. The molecule has 0 saturated heterocycles. The van der Waals surface area contributed by atoms with E-state index in [1.54, 1.807) is 0 Å². The lowest BCUT2D eigenvalue weighted by Gasteiger charge is -2.12. The van der Waals surface area contributed by atoms with E-state index in [9.17, 15) is 0 Å². The van der Waals surface area contributed by atoms with Gasteiger partial charge in [-0.25, -0.2) is 0 Å². The van der Waals surface area contributed by atoms with Gasteiger partial charge in [-0.2, -0.15) is 5.10 Å². The summed E-state index contributed by atoms with van der Waals surface area (Å²) in [6.45, 7) is 2.25. The summed E-state index contributed by atoms with van der Waals surface area (Å²) in [6, 6.07) is 3.56. The SMILES string of the molecule is CCC(CCCc1ccn(C2CCCC2)n1)NC. The Hall–Kier alpha value is -0.830. The molecule has 1 saturated carbocycles. The minimum Gasteiger partial charge on any atom is -0.317 e. The van der Waals surface area contributed by atoms with Gasteiger partial charge >= 0.3 is 0 Å². The summed E-state index contributed by atoms with van der Waals surface area (Å²) < 4.78 is 2.21. The number of hydrogen-bond donors (Lipinski definition) is 1. The van der Waals surface area contributed by atoms with Gasteiger partial charge in [0.25, 0.3) is 0 Å². The molecule has 0 aromatic carbocycles. The molecule has 102 valence electrons. The third-order valence-electron chi connectivity index (χ3n) is 4.25. The second-order valence-corrected chi connectivity index (χ2v) is 5.51. The van der Waals surface area contributed by atoms with E-state index in [2.05, 4.69) is 36.2 Å². The van der Waals surface area contributed by atoms with Crippen LogP contribution in [0.25, 0.3) is 0 Å². The van der Waals surface area contributed by atoms with Gasteiger partial charge in [0.15, 0.2) is 0 Å². The van der Waals surface area contributed by atoms with Crippen molar-refractivity contribution in [3.8, 4) is 0 Å². The van der Waals surface area contributed by atoms with Crippen molar-refractivity contribution < 1.29 is 0 Å². The zero-order chi connectivity index (χ0) is 12.8. The molecule has 1 fully saturated rings. The minimum atomic E-state index is 0.668. The van der Waals surface area contributed by atoms with E-state index in [4.69, 9.17) is 5.10 Å². The molecule has 3 heteroatoms. The topological polar surface area (TPSA) is 29.9 Å². The van der Waals surface area contributed by atoms with Crippen LogP contribution in [0.5, 0.6) is 0 Å². The van der Waals surface area contributed by atoms with Crippen molar-refractivity contribution in [1.29, 1.82) is 0 Å². The highest BCUT2D eigenvalue weighted by Crippen LogP contribution is 2.28. The van der Waals surface area contributed by atoms with Gasteiger partial charge in [0.05, 0.1) is 11.7 Å². The maximum absolute atomic E-state index is 4.74. The predicted octanol–water partition coefficient (Wildman–Crippen LogP) is 3.32. The molecular weight excluding hydrogens is 222 g/mol. The van der Waals surface area contributed by atoms with Gasteiger partial charge in [-0.3, -0.25) is 4.68 Å². The number of aryl methyl sites for hydroxylation is 1. The lowest BCUT2D eigenvalue weighted by molar-refractivity contribution is 0.458. The van der Waals surface area contributed by atoms with Crippen LogP contribution in [-0.2, 0) is 6.42 Å². The van der Waals surface area contributed by atoms with Crippen LogP contribution in [-0.4, -0.2) is 22.9 Å². The van der Waals surface area contributed by atoms with Crippen LogP contribution in [0.15, 0.2) is 12.3 Å². The van der Waals surface area contributed by atoms with Gasteiger partial charge in [0.1, 0.15) is 0 Å². The molecule has 1 atom stereocenters. The fourth-order valence-corrected chi connectivity index (χ4v) is 2.97. The summed E-state index contributed by atoms with van der Waals surface area (Å²) in [7, 11) is 2.06. The normalized spacial score (nSPS) is 18.3. The van der Waals surface area contributed by atoms with Crippen LogP contribution < -0.4 is 5.32 Å². The Kier molecular flexibility index (Phi) is 5.24. The largest absolute Gasteiger partial charge is 0.317 e. The molecule has 1 N–H and O–H groups in total. The van der Waals surface area contributed by atoms with Crippen LogP contribution in [0.2, 0.25) is 0 Å². The third kappa shape index (κ3) is 3.58. The number of nitrogens with zero attached hydrogens (tertiary/aromatic N) is 2. The molecule has 1 aliphatic carbocycles. The van der Waals surface area contributed by atoms with Crippen LogP contribution in [0.4, 0.5) is 0 Å². The Morgan fingerprint density at radius 1 is 1.44 bits per heavy atom. The zero-order valence-electron chi connectivity index (χ0n) is 11.9. The van der Waals surface area contributed by atoms with Gasteiger partial charge in [0.2, 0.25) is 0 Å². The molecule has 18 heavy (non-hydrogen) atoms. The van der Waals surface area contributed by atoms with E-state index in [1.807, 2.05) is 0 Å². The van der Waals surface area contributed by atoms with Crippen molar-refractivity contribution in [3.05, 3.63) is 18.0 Å². The van der Waals surface area contributed by atoms with E-state index in [0.717, 1.165) is 6.42 Å². The molecule has 1 aromatic rings. The summed E-state index contributed by atoms with van der Waals surface area (Å²) in [6.07, 6.45) is 12.4. The molecule has 3 nitrogen and oxygen atoms in total. The molecule has 1 aliphatic rings. The number of aromatic nitrogens is 2. The molecule has 1 unspecified atom stereocenters. The van der Waals surface area contributed by atoms with Crippen molar-refractivity contribution in [3.63, 3.8) is 0 Å². The van der Waals surface area contributed by atoms with Crippen molar-refractivity contribution in [1.82, 2.24) is 15.1 Å². The van der Waals surface area contributed by atoms with E-state index in [0.29, 0.717) is 12.1 Å². The van der Waals surface area contributed by atoms with E-state index in [-0.39, 0.29) is 0 Å². The van der Waals surface area contributed by atoms with Crippen LogP contribution >= 0.6 is 0 Å². The Morgan fingerprint density at radius 2 is 2.22 bits per heavy atom. The molecule has 0 radical (unpaired) electrons. The standard InChI is InChI=1S/C15H27N3/c1-3-13(16-2)7-6-8-14-11-12-18(17-14)15-9-4-5-10-15/h11-13,15-16H,3-10H2,1-2H3. The van der Waals surface area contributed by atoms with E-state index in [1.165, 1.54) is 50.6 Å². The van der Waals surface area contributed by atoms with Gasteiger partial charge < -0.3 is 5.32 Å². The van der Waals surface area contributed by atoms with Crippen molar-refractivity contribution in [2.45, 2.75) is 70.4 Å². The van der Waals surface area contributed by atoms with Crippen molar-refractivity contribution >= 4 is 0 Å². The molecule has 0 bridgehead atoms. The molecular formula is C15H27N3. The fraction of sp³-hybridized carbons (Fsp3) is 0.800. The van der Waals surface area contributed by atoms with Crippen LogP contribution in [0.3, 0.4) is 0 Å². The Morgan fingerprint density at radius 3 is 2.89 bits per heavy atom. The fourth-order valence-electron chi connectivity index (χ4n) is 2.97. The molecule has 0 spiro atoms. The Labute approximate surface area is 111 Å². The minimum absolute atomic E-state index is 0.668. The first kappa shape index (κ1) is 13.6. The highest BCUT2D eigenvalue weighted by Gasteiger charge is 2.17. The van der Waals surface area contributed by atoms with E-state index < -0.39 is 0 Å². The Bertz CT molecular complexity index is 335. The van der Waals surface area contributed by atoms with Crippen LogP contribution in [0, 0.1) is 0 Å². The Balaban J connectivity index is 1.76. The highest BCUT2D eigenvalue weighted by atomic mass is 15.3. The first-order valence-corrected chi connectivity index (χ1v) is 7.54. The smallest absolute Gasteiger partial charge is 0.0624 e. The lowest BCUT2D eigenvalue weighted by atomic mass is 10.1. The summed E-state index contributed by atoms with van der Waals surface area (Å²) >= 11 is 0. The van der Waals surface area contributed by atoms with Gasteiger partial charge in [-0.15, -0.1) is 0 Å². The molecule has 1 aromatic heterocycles. The average Bonchev–Trinajstić information content (AvgIpc) is 3.05. The lowest BCUT2D eigenvalue weighted by Crippen LogP contribution is -2.24. The van der Waals surface area contributed by atoms with Crippen molar-refractivity contribution in [2.75, 3.05) is 7.05 Å². The van der Waals surface area contributed by atoms with Gasteiger partial charge in [-0.05, 0) is 51.6 Å². The molecule has 1 heterocycles. The van der Waals surface area contributed by atoms with Crippen molar-refractivity contribution in [2.24, 2.45) is 0 Å². The molecule has 0 aliphatic heterocycles. The van der Waals surface area contributed by atoms with E-state index >= 15 is 0 Å². The summed E-state index contributed by atoms with van der Waals surface area (Å²) in [4.78, 5) is 0. The van der Waals surface area contributed by atoms with Crippen LogP contribution in [0.1, 0.15) is 63.6 Å². The first-order chi connectivity index (χ1) is 8.83. The summed E-state index contributed by atoms with van der Waals surface area (Å²) in [5.74, 6) is 0. The van der Waals surface area contributed by atoms with Gasteiger partial charge in [0, 0.05) is 12.2 Å². The summed E-state index contributed by atoms with van der Waals surface area (Å²) in [5, 5.41) is 8.10. The summed E-state index contributed by atoms with van der Waals surface area (Å²) in [5.41, 5.74) is 1.27. The number of hydrogen-bond acceptors (Lipinski definition) is 2. The average molecular weight is 249 g/mol. The quantitative estimate of drug-likeness (QED) is 0.803. The maximum atomic E-state index is 4.74. The second-order valence-electron chi connectivity index (χ2n) is 5.51. The molecule has 0 amide bonds. The zero-order valence-corrected chi connectivity index (χ0v) is 11.9. The monoisotopic (exact) mass is 249 g/mol. The molecule has 2 rings (SSSR count). The maximum Gasteiger partial charge on any atom is 0.0624 e. The predicted molar refractivity (Wildman–Crippen MR) is 75.8 cm³/mol. The first-order valence-electron chi connectivity index (χ1n) is 7.54. The number of nitrogens with one attached hydrogen (secondary N) is 1.